The van der Waals surface area contributed by atoms with Gasteiger partial charge in [-0.15, -0.1) is 11.6 Å². The summed E-state index contributed by atoms with van der Waals surface area (Å²) in [5.41, 5.74) is 0.675. The highest BCUT2D eigenvalue weighted by Crippen LogP contribution is 2.24. The molecule has 0 aliphatic heterocycles. The molecule has 0 aliphatic carbocycles. The molecule has 5 heteroatoms. The number of halogens is 2. The summed E-state index contributed by atoms with van der Waals surface area (Å²) >= 11 is 11.4. The number of nitriles is 1. The second kappa shape index (κ2) is 8.32. The van der Waals surface area contributed by atoms with Crippen LogP contribution in [0, 0.1) is 11.3 Å². The van der Waals surface area contributed by atoms with Crippen LogP contribution in [-0.4, -0.2) is 25.7 Å². The molecule has 0 N–H and O–H groups in total. The van der Waals surface area contributed by atoms with Crippen LogP contribution in [-0.2, 0) is 9.47 Å². The van der Waals surface area contributed by atoms with Gasteiger partial charge in [0.1, 0.15) is 0 Å². The van der Waals surface area contributed by atoms with E-state index in [4.69, 9.17) is 37.9 Å². The van der Waals surface area contributed by atoms with E-state index in [-0.39, 0.29) is 0 Å². The molecule has 1 atom stereocenters. The van der Waals surface area contributed by atoms with Gasteiger partial charge in [-0.25, -0.2) is 0 Å². The largest absolute Gasteiger partial charge is 0.378 e. The van der Waals surface area contributed by atoms with Gasteiger partial charge in [-0.3, -0.25) is 0 Å². The fourth-order valence-corrected chi connectivity index (χ4v) is 1.61. The molecule has 17 heavy (non-hydrogen) atoms. The first-order valence-corrected chi connectivity index (χ1v) is 6.10. The molecule has 0 heterocycles. The molecule has 1 aromatic rings. The minimum Gasteiger partial charge on any atom is -0.378 e. The van der Waals surface area contributed by atoms with Gasteiger partial charge in [0.05, 0.1) is 25.9 Å². The van der Waals surface area contributed by atoms with Crippen LogP contribution in [0.4, 0.5) is 0 Å². The van der Waals surface area contributed by atoms with Gasteiger partial charge in [0.2, 0.25) is 0 Å². The van der Waals surface area contributed by atoms with Gasteiger partial charge >= 0.3 is 0 Å². The van der Waals surface area contributed by atoms with Crippen LogP contribution < -0.4 is 0 Å². The molecule has 0 aliphatic rings. The van der Waals surface area contributed by atoms with Crippen LogP contribution in [0.2, 0.25) is 5.02 Å². The van der Waals surface area contributed by atoms with E-state index < -0.39 is 6.10 Å². The van der Waals surface area contributed by atoms with Crippen molar-refractivity contribution in [3.05, 3.63) is 34.9 Å². The second-order valence-corrected chi connectivity index (χ2v) is 3.99. The average Bonchev–Trinajstić information content (AvgIpc) is 2.35. The highest BCUT2D eigenvalue weighted by atomic mass is 35.5. The Labute approximate surface area is 111 Å². The molecule has 0 fully saturated rings. The Hall–Kier alpha value is -0.790. The fraction of sp³-hybridized carbons (Fsp3) is 0.417. The third kappa shape index (κ3) is 4.93. The summed E-state index contributed by atoms with van der Waals surface area (Å²) in [7, 11) is 0. The van der Waals surface area contributed by atoms with Gasteiger partial charge < -0.3 is 9.47 Å². The summed E-state index contributed by atoms with van der Waals surface area (Å²) in [6.07, 6.45) is -0.664. The standard InChI is InChI=1S/C12H13Cl2NO2/c13-5-6-16-7-8-17-12(9-15)10-3-1-2-4-11(10)14/h1-4,12H,5-8H2. The summed E-state index contributed by atoms with van der Waals surface area (Å²) in [6, 6.07) is 9.19. The lowest BCUT2D eigenvalue weighted by Crippen LogP contribution is -2.10. The molecule has 92 valence electrons. The predicted molar refractivity (Wildman–Crippen MR) is 67.3 cm³/mol. The van der Waals surface area contributed by atoms with Crippen molar-refractivity contribution in [3.63, 3.8) is 0 Å². The van der Waals surface area contributed by atoms with Crippen LogP contribution in [0.25, 0.3) is 0 Å². The third-order valence-electron chi connectivity index (χ3n) is 2.04. The molecule has 0 bridgehead atoms. The molecule has 3 nitrogen and oxygen atoms in total. The van der Waals surface area contributed by atoms with Crippen molar-refractivity contribution >= 4 is 23.2 Å². The maximum atomic E-state index is 9.01. The summed E-state index contributed by atoms with van der Waals surface area (Å²) in [4.78, 5) is 0. The van der Waals surface area contributed by atoms with Crippen molar-refractivity contribution in [2.75, 3.05) is 25.7 Å². The van der Waals surface area contributed by atoms with E-state index in [2.05, 4.69) is 6.07 Å². The predicted octanol–water partition coefficient (Wildman–Crippen LogP) is 3.18. The highest BCUT2D eigenvalue weighted by molar-refractivity contribution is 6.31. The third-order valence-corrected chi connectivity index (χ3v) is 2.54. The summed E-state index contributed by atoms with van der Waals surface area (Å²) in [5.74, 6) is 0.451. The summed E-state index contributed by atoms with van der Waals surface area (Å²) in [6.45, 7) is 1.23. The number of hydrogen-bond acceptors (Lipinski definition) is 3. The Kier molecular flexibility index (Phi) is 6.99. The molecule has 1 rings (SSSR count). The minimum absolute atomic E-state index is 0.334. The Morgan fingerprint density at radius 2 is 2.00 bits per heavy atom. The van der Waals surface area contributed by atoms with E-state index in [1.165, 1.54) is 0 Å². The Morgan fingerprint density at radius 1 is 1.24 bits per heavy atom. The first kappa shape index (κ1) is 14.3. The van der Waals surface area contributed by atoms with Crippen molar-refractivity contribution < 1.29 is 9.47 Å². The normalized spacial score (nSPS) is 12.1. The van der Waals surface area contributed by atoms with Crippen LogP contribution in [0.1, 0.15) is 11.7 Å². The summed E-state index contributed by atoms with van der Waals surface area (Å²) < 4.78 is 10.5. The number of rotatable bonds is 7. The number of alkyl halides is 1. The molecular formula is C12H13Cl2NO2. The number of benzene rings is 1. The van der Waals surface area contributed by atoms with Crippen LogP contribution in [0.3, 0.4) is 0 Å². The van der Waals surface area contributed by atoms with Crippen LogP contribution in [0.5, 0.6) is 0 Å². The zero-order chi connectivity index (χ0) is 12.5. The van der Waals surface area contributed by atoms with Gasteiger partial charge in [-0.2, -0.15) is 5.26 Å². The minimum atomic E-state index is -0.664. The molecule has 0 amide bonds. The average molecular weight is 274 g/mol. The van der Waals surface area contributed by atoms with Crippen molar-refractivity contribution in [2.45, 2.75) is 6.10 Å². The van der Waals surface area contributed by atoms with Crippen molar-refractivity contribution in [3.8, 4) is 6.07 Å². The first-order chi connectivity index (χ1) is 8.29. The van der Waals surface area contributed by atoms with E-state index in [0.717, 1.165) is 0 Å². The SMILES string of the molecule is N#CC(OCCOCCCl)c1ccccc1Cl. The van der Waals surface area contributed by atoms with Crippen molar-refractivity contribution in [1.82, 2.24) is 0 Å². The number of nitrogens with zero attached hydrogens (tertiary/aromatic N) is 1. The van der Waals surface area contributed by atoms with Crippen molar-refractivity contribution in [2.24, 2.45) is 0 Å². The number of ether oxygens (including phenoxy) is 2. The van der Waals surface area contributed by atoms with Crippen LogP contribution in [0.15, 0.2) is 24.3 Å². The smallest absolute Gasteiger partial charge is 0.170 e. The second-order valence-electron chi connectivity index (χ2n) is 3.20. The van der Waals surface area contributed by atoms with E-state index in [0.29, 0.717) is 36.3 Å². The monoisotopic (exact) mass is 273 g/mol. The molecular weight excluding hydrogens is 261 g/mol. The Bertz CT molecular complexity index is 379. The zero-order valence-electron chi connectivity index (χ0n) is 9.23. The first-order valence-electron chi connectivity index (χ1n) is 5.19. The quantitative estimate of drug-likeness (QED) is 0.566. The fourth-order valence-electron chi connectivity index (χ4n) is 1.27. The van der Waals surface area contributed by atoms with Gasteiger partial charge in [0, 0.05) is 16.5 Å². The lowest BCUT2D eigenvalue weighted by Gasteiger charge is -2.12. The topological polar surface area (TPSA) is 42.2 Å². The van der Waals surface area contributed by atoms with Crippen molar-refractivity contribution in [1.29, 1.82) is 5.26 Å². The van der Waals surface area contributed by atoms with E-state index in [9.17, 15) is 0 Å². The van der Waals surface area contributed by atoms with Gasteiger partial charge in [0.25, 0.3) is 0 Å². The van der Waals surface area contributed by atoms with E-state index in [1.54, 1.807) is 12.1 Å². The maximum absolute atomic E-state index is 9.01. The molecule has 0 saturated heterocycles. The zero-order valence-corrected chi connectivity index (χ0v) is 10.7. The molecule has 1 unspecified atom stereocenters. The van der Waals surface area contributed by atoms with Gasteiger partial charge in [-0.1, -0.05) is 29.8 Å². The molecule has 0 radical (unpaired) electrons. The molecule has 0 aromatic heterocycles. The summed E-state index contributed by atoms with van der Waals surface area (Å²) in [5, 5.41) is 9.54. The van der Waals surface area contributed by atoms with E-state index >= 15 is 0 Å². The Balaban J connectivity index is 2.45. The van der Waals surface area contributed by atoms with Gasteiger partial charge in [-0.05, 0) is 6.07 Å². The van der Waals surface area contributed by atoms with E-state index in [1.807, 2.05) is 12.1 Å². The molecule has 0 spiro atoms. The highest BCUT2D eigenvalue weighted by Gasteiger charge is 2.13. The molecule has 1 aromatic carbocycles. The van der Waals surface area contributed by atoms with Crippen LogP contribution >= 0.6 is 23.2 Å². The lowest BCUT2D eigenvalue weighted by atomic mass is 10.1. The lowest BCUT2D eigenvalue weighted by molar-refractivity contribution is 0.0297. The molecule has 0 saturated carbocycles. The van der Waals surface area contributed by atoms with Gasteiger partial charge in [0.15, 0.2) is 6.10 Å². The Morgan fingerprint density at radius 3 is 2.65 bits per heavy atom. The maximum Gasteiger partial charge on any atom is 0.170 e. The number of hydrogen-bond donors (Lipinski definition) is 0.